The number of benzene rings is 1. The summed E-state index contributed by atoms with van der Waals surface area (Å²) in [6.45, 7) is 5.01. The largest absolute Gasteiger partial charge is 0.418 e. The lowest BCUT2D eigenvalue weighted by molar-refractivity contribution is 0.401. The smallest absolute Gasteiger partial charge is 0.266 e. The summed E-state index contributed by atoms with van der Waals surface area (Å²) in [4.78, 5) is 4.57. The maximum atomic E-state index is 5.78. The maximum Gasteiger partial charge on any atom is 0.266 e. The molecular weight excluding hydrogens is 264 g/mol. The van der Waals surface area contributed by atoms with Gasteiger partial charge in [0.15, 0.2) is 0 Å². The zero-order valence-corrected chi connectivity index (χ0v) is 12.2. The average Bonchev–Trinajstić information content (AvgIpc) is 3.02. The highest BCUT2D eigenvalue weighted by Crippen LogP contribution is 2.22. The van der Waals surface area contributed by atoms with Crippen LogP contribution in [0.5, 0.6) is 0 Å². The van der Waals surface area contributed by atoms with Gasteiger partial charge in [-0.3, -0.25) is 0 Å². The Balaban J connectivity index is 1.93. The van der Waals surface area contributed by atoms with E-state index in [0.717, 1.165) is 23.9 Å². The van der Waals surface area contributed by atoms with E-state index in [0.29, 0.717) is 17.5 Å². The lowest BCUT2D eigenvalue weighted by Crippen LogP contribution is -2.20. The lowest BCUT2D eigenvalue weighted by atomic mass is 10.2. The molecule has 0 fully saturated rings. The summed E-state index contributed by atoms with van der Waals surface area (Å²) in [5.41, 5.74) is 1.63. The Morgan fingerprint density at radius 3 is 2.76 bits per heavy atom. The number of hydrogen-bond donors (Lipinski definition) is 1. The molecule has 0 saturated heterocycles. The molecule has 0 aliphatic carbocycles. The highest BCUT2D eigenvalue weighted by molar-refractivity contribution is 5.80. The summed E-state index contributed by atoms with van der Waals surface area (Å²) in [6, 6.07) is 12.0. The molecule has 0 radical (unpaired) electrons. The Kier molecular flexibility index (Phi) is 3.92. The molecule has 3 aromatic rings. The third kappa shape index (κ3) is 2.78. The molecule has 0 aliphatic rings. The highest BCUT2D eigenvalue weighted by atomic mass is 16.4. The summed E-state index contributed by atoms with van der Waals surface area (Å²) in [7, 11) is 0. The second-order valence-electron chi connectivity index (χ2n) is 4.85. The molecule has 5 heteroatoms. The zero-order chi connectivity index (χ0) is 14.7. The van der Waals surface area contributed by atoms with Crippen molar-refractivity contribution in [1.82, 2.24) is 20.5 Å². The fraction of sp³-hybridized carbons (Fsp3) is 0.312. The normalized spacial score (nSPS) is 12.7. The molecule has 1 unspecified atom stereocenters. The molecule has 0 bridgehead atoms. The SMILES string of the molecule is CCNC(CC)c1nnc(-c2ccc3ccccc3n2)o1. The van der Waals surface area contributed by atoms with E-state index in [1.807, 2.05) is 36.4 Å². The summed E-state index contributed by atoms with van der Waals surface area (Å²) in [5, 5.41) is 12.7. The van der Waals surface area contributed by atoms with Gasteiger partial charge in [-0.25, -0.2) is 4.98 Å². The minimum Gasteiger partial charge on any atom is -0.418 e. The molecule has 108 valence electrons. The molecule has 2 heterocycles. The van der Waals surface area contributed by atoms with Gasteiger partial charge >= 0.3 is 0 Å². The first-order valence-electron chi connectivity index (χ1n) is 7.24. The van der Waals surface area contributed by atoms with Gasteiger partial charge in [-0.2, -0.15) is 0 Å². The predicted molar refractivity (Wildman–Crippen MR) is 81.7 cm³/mol. The number of para-hydroxylation sites is 1. The fourth-order valence-electron chi connectivity index (χ4n) is 2.32. The Morgan fingerprint density at radius 1 is 1.10 bits per heavy atom. The van der Waals surface area contributed by atoms with Crippen molar-refractivity contribution in [2.45, 2.75) is 26.3 Å². The van der Waals surface area contributed by atoms with Crippen LogP contribution in [0.3, 0.4) is 0 Å². The van der Waals surface area contributed by atoms with Crippen LogP contribution in [0, 0.1) is 0 Å². The van der Waals surface area contributed by atoms with E-state index in [1.165, 1.54) is 0 Å². The number of fused-ring (bicyclic) bond motifs is 1. The number of nitrogens with zero attached hydrogens (tertiary/aromatic N) is 3. The molecule has 1 N–H and O–H groups in total. The Bertz CT molecular complexity index is 738. The van der Waals surface area contributed by atoms with Crippen molar-refractivity contribution in [3.05, 3.63) is 42.3 Å². The Labute approximate surface area is 123 Å². The second kappa shape index (κ2) is 6.01. The second-order valence-corrected chi connectivity index (χ2v) is 4.85. The van der Waals surface area contributed by atoms with Crippen LogP contribution in [0.2, 0.25) is 0 Å². The molecule has 0 spiro atoms. The molecule has 2 aromatic heterocycles. The molecule has 5 nitrogen and oxygen atoms in total. The van der Waals surface area contributed by atoms with E-state index in [2.05, 4.69) is 34.3 Å². The summed E-state index contributed by atoms with van der Waals surface area (Å²) in [6.07, 6.45) is 0.903. The van der Waals surface area contributed by atoms with Gasteiger partial charge in [-0.1, -0.05) is 38.1 Å². The standard InChI is InChI=1S/C16H18N4O/c1-3-12(17-4-2)15-19-20-16(21-15)14-10-9-11-7-5-6-8-13(11)18-14/h5-10,12,17H,3-4H2,1-2H3. The van der Waals surface area contributed by atoms with Gasteiger partial charge < -0.3 is 9.73 Å². The molecule has 1 atom stereocenters. The topological polar surface area (TPSA) is 63.8 Å². The molecule has 1 aromatic carbocycles. The number of pyridine rings is 1. The Hall–Kier alpha value is -2.27. The fourth-order valence-corrected chi connectivity index (χ4v) is 2.32. The van der Waals surface area contributed by atoms with Crippen LogP contribution in [-0.2, 0) is 0 Å². The van der Waals surface area contributed by atoms with Crippen LogP contribution in [0.4, 0.5) is 0 Å². The molecular formula is C16H18N4O. The van der Waals surface area contributed by atoms with Gasteiger partial charge in [0, 0.05) is 5.39 Å². The first-order valence-corrected chi connectivity index (χ1v) is 7.24. The molecule has 0 aliphatic heterocycles. The van der Waals surface area contributed by atoms with Crippen LogP contribution >= 0.6 is 0 Å². The summed E-state index contributed by atoms with van der Waals surface area (Å²) < 4.78 is 5.78. The molecule has 3 rings (SSSR count). The van der Waals surface area contributed by atoms with E-state index >= 15 is 0 Å². The first-order chi connectivity index (χ1) is 10.3. The molecule has 21 heavy (non-hydrogen) atoms. The van der Waals surface area contributed by atoms with Crippen molar-refractivity contribution in [3.8, 4) is 11.6 Å². The third-order valence-corrected chi connectivity index (χ3v) is 3.42. The van der Waals surface area contributed by atoms with Crippen molar-refractivity contribution in [2.75, 3.05) is 6.54 Å². The predicted octanol–water partition coefficient (Wildman–Crippen LogP) is 3.35. The average molecular weight is 282 g/mol. The minimum atomic E-state index is 0.0942. The van der Waals surface area contributed by atoms with Crippen molar-refractivity contribution in [1.29, 1.82) is 0 Å². The van der Waals surface area contributed by atoms with E-state index in [4.69, 9.17) is 4.42 Å². The van der Waals surface area contributed by atoms with E-state index in [1.54, 1.807) is 0 Å². The van der Waals surface area contributed by atoms with Crippen molar-refractivity contribution >= 4 is 10.9 Å². The third-order valence-electron chi connectivity index (χ3n) is 3.42. The number of hydrogen-bond acceptors (Lipinski definition) is 5. The van der Waals surface area contributed by atoms with Gasteiger partial charge in [0.2, 0.25) is 5.89 Å². The zero-order valence-electron chi connectivity index (χ0n) is 12.2. The van der Waals surface area contributed by atoms with Crippen molar-refractivity contribution < 1.29 is 4.42 Å². The van der Waals surface area contributed by atoms with Gasteiger partial charge in [0.1, 0.15) is 5.69 Å². The highest BCUT2D eigenvalue weighted by Gasteiger charge is 2.17. The van der Waals surface area contributed by atoms with Crippen LogP contribution in [0.15, 0.2) is 40.8 Å². The monoisotopic (exact) mass is 282 g/mol. The summed E-state index contributed by atoms with van der Waals surface area (Å²) >= 11 is 0. The number of rotatable bonds is 5. The van der Waals surface area contributed by atoms with E-state index < -0.39 is 0 Å². The van der Waals surface area contributed by atoms with Crippen LogP contribution < -0.4 is 5.32 Å². The maximum absolute atomic E-state index is 5.78. The van der Waals surface area contributed by atoms with Gasteiger partial charge in [-0.15, -0.1) is 10.2 Å². The van der Waals surface area contributed by atoms with E-state index in [-0.39, 0.29) is 6.04 Å². The van der Waals surface area contributed by atoms with Crippen LogP contribution in [0.25, 0.3) is 22.5 Å². The summed E-state index contributed by atoms with van der Waals surface area (Å²) in [5.74, 6) is 1.08. The quantitative estimate of drug-likeness (QED) is 0.777. The molecule has 0 amide bonds. The van der Waals surface area contributed by atoms with Gasteiger partial charge in [0.05, 0.1) is 11.6 Å². The van der Waals surface area contributed by atoms with Crippen LogP contribution in [0.1, 0.15) is 32.2 Å². The van der Waals surface area contributed by atoms with Crippen molar-refractivity contribution in [2.24, 2.45) is 0 Å². The first kappa shape index (κ1) is 13.7. The number of nitrogens with one attached hydrogen (secondary N) is 1. The number of aromatic nitrogens is 3. The Morgan fingerprint density at radius 2 is 1.95 bits per heavy atom. The van der Waals surface area contributed by atoms with E-state index in [9.17, 15) is 0 Å². The molecule has 0 saturated carbocycles. The minimum absolute atomic E-state index is 0.0942. The van der Waals surface area contributed by atoms with Crippen LogP contribution in [-0.4, -0.2) is 21.7 Å². The van der Waals surface area contributed by atoms with Crippen molar-refractivity contribution in [3.63, 3.8) is 0 Å². The van der Waals surface area contributed by atoms with Gasteiger partial charge in [0.25, 0.3) is 5.89 Å². The van der Waals surface area contributed by atoms with Gasteiger partial charge in [-0.05, 0) is 25.1 Å². The lowest BCUT2D eigenvalue weighted by Gasteiger charge is -2.09.